The first-order chi connectivity index (χ1) is 9.26. The molecule has 0 radical (unpaired) electrons. The monoisotopic (exact) mass is 281 g/mol. The van der Waals surface area contributed by atoms with E-state index in [-0.39, 0.29) is 5.97 Å². The van der Waals surface area contributed by atoms with Crippen molar-refractivity contribution in [2.24, 2.45) is 11.8 Å². The molecule has 1 aromatic heterocycles. The molecule has 0 bridgehead atoms. The Morgan fingerprint density at radius 3 is 2.95 bits per heavy atom. The molecule has 2 saturated heterocycles. The average Bonchev–Trinajstić information content (AvgIpc) is 3.04. The highest BCUT2D eigenvalue weighted by atomic mass is 32.1. The molecule has 1 aromatic rings. The first kappa shape index (κ1) is 13.0. The summed E-state index contributed by atoms with van der Waals surface area (Å²) in [7, 11) is 0. The number of carbonyl (C=O) groups excluding carboxylic acids is 1. The second-order valence-corrected chi connectivity index (χ2v) is 6.10. The van der Waals surface area contributed by atoms with Crippen LogP contribution in [0.4, 0.5) is 0 Å². The van der Waals surface area contributed by atoms with Gasteiger partial charge in [-0.15, -0.1) is 11.3 Å². The molecule has 3 heterocycles. The third-order valence-electron chi connectivity index (χ3n) is 3.85. The van der Waals surface area contributed by atoms with Crippen LogP contribution in [0, 0.1) is 11.8 Å². The summed E-state index contributed by atoms with van der Waals surface area (Å²) >= 11 is 1.38. The van der Waals surface area contributed by atoms with Crippen molar-refractivity contribution in [3.8, 4) is 0 Å². The summed E-state index contributed by atoms with van der Waals surface area (Å²) < 4.78 is 4.96. The largest absolute Gasteiger partial charge is 0.461 e. The second kappa shape index (κ2) is 5.56. The smallest absolute Gasteiger partial charge is 0.367 e. The minimum Gasteiger partial charge on any atom is -0.461 e. The van der Waals surface area contributed by atoms with Gasteiger partial charge in [0.25, 0.3) is 0 Å². The molecule has 2 unspecified atom stereocenters. The Labute approximate surface area is 117 Å². The Morgan fingerprint density at radius 2 is 2.26 bits per heavy atom. The van der Waals surface area contributed by atoms with Gasteiger partial charge in [0.15, 0.2) is 0 Å². The summed E-state index contributed by atoms with van der Waals surface area (Å²) in [5.74, 6) is 1.28. The average molecular weight is 281 g/mol. The molecule has 2 atom stereocenters. The van der Waals surface area contributed by atoms with Crippen LogP contribution in [0.2, 0.25) is 0 Å². The molecule has 5 nitrogen and oxygen atoms in total. The lowest BCUT2D eigenvalue weighted by Crippen LogP contribution is -2.25. The Balaban J connectivity index is 1.57. The van der Waals surface area contributed by atoms with Crippen molar-refractivity contribution in [1.29, 1.82) is 0 Å². The molecular formula is C13H19N3O2S. The van der Waals surface area contributed by atoms with E-state index in [0.717, 1.165) is 50.3 Å². The molecule has 19 heavy (non-hydrogen) atoms. The van der Waals surface area contributed by atoms with Crippen molar-refractivity contribution in [3.63, 3.8) is 0 Å². The number of carbonyl (C=O) groups is 1. The molecule has 3 rings (SSSR count). The van der Waals surface area contributed by atoms with E-state index in [4.69, 9.17) is 4.74 Å². The van der Waals surface area contributed by atoms with E-state index in [1.54, 1.807) is 0 Å². The molecule has 0 aliphatic carbocycles. The number of nitrogens with zero attached hydrogens (tertiary/aromatic N) is 2. The molecule has 2 fully saturated rings. The highest BCUT2D eigenvalue weighted by Crippen LogP contribution is 2.27. The fraction of sp³-hybridized carbons (Fsp3) is 0.692. The third kappa shape index (κ3) is 2.80. The van der Waals surface area contributed by atoms with Crippen LogP contribution in [-0.4, -0.2) is 48.6 Å². The summed E-state index contributed by atoms with van der Waals surface area (Å²) in [6.45, 7) is 7.63. The quantitative estimate of drug-likeness (QED) is 0.834. The van der Waals surface area contributed by atoms with Crippen LogP contribution in [0.25, 0.3) is 0 Å². The Morgan fingerprint density at radius 1 is 1.53 bits per heavy atom. The van der Waals surface area contributed by atoms with Crippen LogP contribution in [0.15, 0.2) is 5.38 Å². The summed E-state index contributed by atoms with van der Waals surface area (Å²) in [5.41, 5.74) is 0.987. The van der Waals surface area contributed by atoms with E-state index >= 15 is 0 Å². The van der Waals surface area contributed by atoms with Crippen molar-refractivity contribution in [3.05, 3.63) is 16.1 Å². The van der Waals surface area contributed by atoms with E-state index in [2.05, 4.69) is 15.2 Å². The predicted molar refractivity (Wildman–Crippen MR) is 73.2 cm³/mol. The number of rotatable bonds is 4. The van der Waals surface area contributed by atoms with E-state index < -0.39 is 0 Å². The summed E-state index contributed by atoms with van der Waals surface area (Å²) in [6, 6.07) is 0. The summed E-state index contributed by atoms with van der Waals surface area (Å²) in [6.07, 6.45) is 0. The number of ether oxygens (including phenoxy) is 1. The highest BCUT2D eigenvalue weighted by molar-refractivity contribution is 7.11. The zero-order chi connectivity index (χ0) is 13.2. The van der Waals surface area contributed by atoms with Crippen molar-refractivity contribution >= 4 is 17.3 Å². The van der Waals surface area contributed by atoms with Gasteiger partial charge in [-0.05, 0) is 31.8 Å². The van der Waals surface area contributed by atoms with E-state index in [0.29, 0.717) is 11.6 Å². The van der Waals surface area contributed by atoms with Gasteiger partial charge in [-0.3, -0.25) is 4.90 Å². The molecule has 0 aromatic carbocycles. The van der Waals surface area contributed by atoms with Gasteiger partial charge in [-0.1, -0.05) is 0 Å². The zero-order valence-corrected chi connectivity index (χ0v) is 11.9. The summed E-state index contributed by atoms with van der Waals surface area (Å²) in [4.78, 5) is 18.4. The van der Waals surface area contributed by atoms with Gasteiger partial charge in [0, 0.05) is 25.0 Å². The lowest BCUT2D eigenvalue weighted by atomic mass is 10.0. The SMILES string of the molecule is CCOC(=O)c1nc(CN2CC3CNCC3C2)cs1. The Kier molecular flexibility index (Phi) is 3.81. The number of likely N-dealkylation sites (tertiary alicyclic amines) is 1. The normalized spacial score (nSPS) is 26.6. The van der Waals surface area contributed by atoms with E-state index in [1.165, 1.54) is 11.3 Å². The maximum atomic E-state index is 11.6. The van der Waals surface area contributed by atoms with Crippen molar-refractivity contribution in [2.75, 3.05) is 32.8 Å². The lowest BCUT2D eigenvalue weighted by Gasteiger charge is -2.14. The molecule has 104 valence electrons. The number of fused-ring (bicyclic) bond motifs is 1. The minimum atomic E-state index is -0.304. The van der Waals surface area contributed by atoms with Crippen molar-refractivity contribution < 1.29 is 9.53 Å². The maximum Gasteiger partial charge on any atom is 0.367 e. The number of aromatic nitrogens is 1. The lowest BCUT2D eigenvalue weighted by molar-refractivity contribution is 0.0525. The molecule has 6 heteroatoms. The van der Waals surface area contributed by atoms with Gasteiger partial charge in [0.1, 0.15) is 0 Å². The van der Waals surface area contributed by atoms with E-state index in [9.17, 15) is 4.79 Å². The van der Waals surface area contributed by atoms with Crippen LogP contribution < -0.4 is 5.32 Å². The highest BCUT2D eigenvalue weighted by Gasteiger charge is 2.36. The van der Waals surface area contributed by atoms with Crippen LogP contribution in [-0.2, 0) is 11.3 Å². The molecule has 2 aliphatic rings. The van der Waals surface area contributed by atoms with Gasteiger partial charge in [-0.25, -0.2) is 9.78 Å². The van der Waals surface area contributed by atoms with Gasteiger partial charge >= 0.3 is 5.97 Å². The number of hydrogen-bond acceptors (Lipinski definition) is 6. The summed E-state index contributed by atoms with van der Waals surface area (Å²) in [5, 5.41) is 5.88. The fourth-order valence-electron chi connectivity index (χ4n) is 2.98. The predicted octanol–water partition coefficient (Wildman–Crippen LogP) is 0.971. The fourth-order valence-corrected chi connectivity index (χ4v) is 3.68. The minimum absolute atomic E-state index is 0.304. The zero-order valence-electron chi connectivity index (χ0n) is 11.1. The molecule has 1 N–H and O–H groups in total. The Bertz CT molecular complexity index is 450. The number of nitrogens with one attached hydrogen (secondary N) is 1. The molecule has 0 amide bonds. The molecule has 0 saturated carbocycles. The Hall–Kier alpha value is -0.980. The van der Waals surface area contributed by atoms with Gasteiger partial charge in [-0.2, -0.15) is 0 Å². The van der Waals surface area contributed by atoms with Crippen LogP contribution in [0.3, 0.4) is 0 Å². The van der Waals surface area contributed by atoms with Gasteiger partial charge < -0.3 is 10.1 Å². The van der Waals surface area contributed by atoms with Crippen LogP contribution >= 0.6 is 11.3 Å². The van der Waals surface area contributed by atoms with Gasteiger partial charge in [0.2, 0.25) is 5.01 Å². The number of hydrogen-bond donors (Lipinski definition) is 1. The number of esters is 1. The maximum absolute atomic E-state index is 11.6. The third-order valence-corrected chi connectivity index (χ3v) is 4.72. The van der Waals surface area contributed by atoms with E-state index in [1.807, 2.05) is 12.3 Å². The first-order valence-electron chi connectivity index (χ1n) is 6.81. The standard InChI is InChI=1S/C13H19N3O2S/c1-2-18-13(17)12-15-11(8-19-12)7-16-5-9-3-14-4-10(9)6-16/h8-10,14H,2-7H2,1H3. The second-order valence-electron chi connectivity index (χ2n) is 5.24. The van der Waals surface area contributed by atoms with Crippen LogP contribution in [0.5, 0.6) is 0 Å². The van der Waals surface area contributed by atoms with Gasteiger partial charge in [0.05, 0.1) is 12.3 Å². The molecular weight excluding hydrogens is 262 g/mol. The van der Waals surface area contributed by atoms with Crippen LogP contribution in [0.1, 0.15) is 22.4 Å². The molecule has 0 spiro atoms. The van der Waals surface area contributed by atoms with Crippen molar-refractivity contribution in [1.82, 2.24) is 15.2 Å². The van der Waals surface area contributed by atoms with Crippen molar-refractivity contribution in [2.45, 2.75) is 13.5 Å². The topological polar surface area (TPSA) is 54.5 Å². The molecule has 2 aliphatic heterocycles. The first-order valence-corrected chi connectivity index (χ1v) is 7.69. The number of thiazole rings is 1.